The lowest BCUT2D eigenvalue weighted by atomic mass is 10.2. The van der Waals surface area contributed by atoms with Crippen LogP contribution >= 0.6 is 0 Å². The van der Waals surface area contributed by atoms with Gasteiger partial charge in [0.2, 0.25) is 0 Å². The van der Waals surface area contributed by atoms with E-state index in [4.69, 9.17) is 15.7 Å². The summed E-state index contributed by atoms with van der Waals surface area (Å²) in [6.07, 6.45) is -0.708. The van der Waals surface area contributed by atoms with Crippen molar-refractivity contribution in [3.8, 4) is 11.8 Å². The highest BCUT2D eigenvalue weighted by Gasteiger charge is 2.16. The van der Waals surface area contributed by atoms with Crippen LogP contribution in [0.15, 0.2) is 48.5 Å². The minimum absolute atomic E-state index is 0.273. The summed E-state index contributed by atoms with van der Waals surface area (Å²) >= 11 is 0. The zero-order valence-electron chi connectivity index (χ0n) is 11.5. The number of carbonyl (C=O) groups is 1. The lowest BCUT2D eigenvalue weighted by Crippen LogP contribution is -2.30. The topological polar surface area (TPSA) is 88.1 Å². The standard InChI is InChI=1S/C16H15N3O2/c1-11(16(20)19-13-5-3-2-4-6-13)21-15-8-7-12(10-17)9-14(15)18/h2-9,11H,18H2,1H3,(H,19,20). The highest BCUT2D eigenvalue weighted by Crippen LogP contribution is 2.23. The number of nitrogens with zero attached hydrogens (tertiary/aromatic N) is 1. The van der Waals surface area contributed by atoms with Crippen LogP contribution in [0.3, 0.4) is 0 Å². The van der Waals surface area contributed by atoms with E-state index in [1.165, 1.54) is 6.07 Å². The van der Waals surface area contributed by atoms with Gasteiger partial charge < -0.3 is 15.8 Å². The summed E-state index contributed by atoms with van der Waals surface area (Å²) < 4.78 is 5.53. The smallest absolute Gasteiger partial charge is 0.265 e. The Bertz CT molecular complexity index is 678. The Hall–Kier alpha value is -3.00. The van der Waals surface area contributed by atoms with E-state index in [1.54, 1.807) is 31.2 Å². The number of para-hydroxylation sites is 1. The number of benzene rings is 2. The van der Waals surface area contributed by atoms with Crippen molar-refractivity contribution in [1.82, 2.24) is 0 Å². The van der Waals surface area contributed by atoms with E-state index in [0.717, 1.165) is 0 Å². The van der Waals surface area contributed by atoms with Gasteiger partial charge in [-0.3, -0.25) is 4.79 Å². The summed E-state index contributed by atoms with van der Waals surface area (Å²) in [5, 5.41) is 11.5. The lowest BCUT2D eigenvalue weighted by Gasteiger charge is -2.16. The van der Waals surface area contributed by atoms with E-state index < -0.39 is 6.10 Å². The number of carbonyl (C=O) groups excluding carboxylic acids is 1. The molecular formula is C16H15N3O2. The molecule has 0 heterocycles. The fraction of sp³-hybridized carbons (Fsp3) is 0.125. The first-order valence-electron chi connectivity index (χ1n) is 6.42. The molecule has 1 atom stereocenters. The van der Waals surface area contributed by atoms with Crippen molar-refractivity contribution in [2.45, 2.75) is 13.0 Å². The van der Waals surface area contributed by atoms with Gasteiger partial charge in [0, 0.05) is 5.69 Å². The molecule has 2 aromatic carbocycles. The molecule has 0 aliphatic carbocycles. The first kappa shape index (κ1) is 14.4. The molecule has 0 aliphatic heterocycles. The fourth-order valence-corrected chi connectivity index (χ4v) is 1.73. The molecule has 0 aromatic heterocycles. The van der Waals surface area contributed by atoms with Crippen LogP contribution in [0.2, 0.25) is 0 Å². The average Bonchev–Trinajstić information content (AvgIpc) is 2.50. The summed E-state index contributed by atoms with van der Waals surface area (Å²) in [4.78, 5) is 12.0. The number of amides is 1. The van der Waals surface area contributed by atoms with E-state index >= 15 is 0 Å². The van der Waals surface area contributed by atoms with Crippen molar-refractivity contribution in [3.63, 3.8) is 0 Å². The van der Waals surface area contributed by atoms with Gasteiger partial charge in [0.15, 0.2) is 6.10 Å². The van der Waals surface area contributed by atoms with Crippen LogP contribution in [0.25, 0.3) is 0 Å². The van der Waals surface area contributed by atoms with Crippen molar-refractivity contribution in [1.29, 1.82) is 5.26 Å². The maximum Gasteiger partial charge on any atom is 0.265 e. The quantitative estimate of drug-likeness (QED) is 0.843. The monoisotopic (exact) mass is 281 g/mol. The van der Waals surface area contributed by atoms with Gasteiger partial charge in [-0.25, -0.2) is 0 Å². The van der Waals surface area contributed by atoms with E-state index in [2.05, 4.69) is 5.32 Å². The first-order valence-corrected chi connectivity index (χ1v) is 6.42. The molecule has 106 valence electrons. The molecule has 0 spiro atoms. The molecule has 1 amide bonds. The van der Waals surface area contributed by atoms with Crippen LogP contribution in [-0.4, -0.2) is 12.0 Å². The lowest BCUT2D eigenvalue weighted by molar-refractivity contribution is -0.122. The second-order valence-electron chi connectivity index (χ2n) is 4.48. The molecule has 2 aromatic rings. The number of nitrogens with two attached hydrogens (primary N) is 1. The predicted octanol–water partition coefficient (Wildman–Crippen LogP) is 2.55. The van der Waals surface area contributed by atoms with E-state index in [-0.39, 0.29) is 5.91 Å². The average molecular weight is 281 g/mol. The molecule has 5 nitrogen and oxygen atoms in total. The van der Waals surface area contributed by atoms with E-state index in [0.29, 0.717) is 22.7 Å². The van der Waals surface area contributed by atoms with Crippen molar-refractivity contribution in [3.05, 3.63) is 54.1 Å². The van der Waals surface area contributed by atoms with Gasteiger partial charge in [-0.2, -0.15) is 5.26 Å². The predicted molar refractivity (Wildman–Crippen MR) is 80.7 cm³/mol. The highest BCUT2D eigenvalue weighted by atomic mass is 16.5. The summed E-state index contributed by atoms with van der Waals surface area (Å²) in [7, 11) is 0. The van der Waals surface area contributed by atoms with Crippen LogP contribution in [0.5, 0.6) is 5.75 Å². The number of nitrogen functional groups attached to an aromatic ring is 1. The molecular weight excluding hydrogens is 266 g/mol. The molecule has 21 heavy (non-hydrogen) atoms. The second-order valence-corrected chi connectivity index (χ2v) is 4.48. The zero-order valence-corrected chi connectivity index (χ0v) is 11.5. The van der Waals surface area contributed by atoms with E-state index in [1.807, 2.05) is 24.3 Å². The molecule has 0 saturated heterocycles. The number of nitriles is 1. The van der Waals surface area contributed by atoms with Crippen LogP contribution in [-0.2, 0) is 4.79 Å². The van der Waals surface area contributed by atoms with Crippen LogP contribution in [0, 0.1) is 11.3 Å². The molecule has 3 N–H and O–H groups in total. The number of hydrogen-bond donors (Lipinski definition) is 2. The van der Waals surface area contributed by atoms with Crippen LogP contribution in [0.4, 0.5) is 11.4 Å². The van der Waals surface area contributed by atoms with Gasteiger partial charge >= 0.3 is 0 Å². The molecule has 0 fully saturated rings. The van der Waals surface area contributed by atoms with Crippen molar-refractivity contribution in [2.24, 2.45) is 0 Å². The third-order valence-corrected chi connectivity index (χ3v) is 2.85. The van der Waals surface area contributed by atoms with E-state index in [9.17, 15) is 4.79 Å². The summed E-state index contributed by atoms with van der Waals surface area (Å²) in [5.41, 5.74) is 7.26. The number of anilines is 2. The largest absolute Gasteiger partial charge is 0.479 e. The summed E-state index contributed by atoms with van der Waals surface area (Å²) in [6.45, 7) is 1.63. The Morgan fingerprint density at radius 3 is 2.62 bits per heavy atom. The first-order chi connectivity index (χ1) is 10.1. The number of ether oxygens (including phenoxy) is 1. The molecule has 0 radical (unpaired) electrons. The van der Waals surface area contributed by atoms with Crippen LogP contribution in [0.1, 0.15) is 12.5 Å². The molecule has 5 heteroatoms. The minimum Gasteiger partial charge on any atom is -0.479 e. The Balaban J connectivity index is 2.02. The molecule has 2 rings (SSSR count). The van der Waals surface area contributed by atoms with Crippen molar-refractivity contribution >= 4 is 17.3 Å². The maximum absolute atomic E-state index is 12.0. The third-order valence-electron chi connectivity index (χ3n) is 2.85. The Morgan fingerprint density at radius 1 is 1.29 bits per heavy atom. The highest BCUT2D eigenvalue weighted by molar-refractivity contribution is 5.94. The van der Waals surface area contributed by atoms with Gasteiger partial charge in [0.1, 0.15) is 5.75 Å². The van der Waals surface area contributed by atoms with Gasteiger partial charge in [0.25, 0.3) is 5.91 Å². The third kappa shape index (κ3) is 3.74. The molecule has 1 unspecified atom stereocenters. The second kappa shape index (κ2) is 6.44. The SMILES string of the molecule is CC(Oc1ccc(C#N)cc1N)C(=O)Nc1ccccc1. The maximum atomic E-state index is 12.0. The van der Waals surface area contributed by atoms with Crippen LogP contribution < -0.4 is 15.8 Å². The Labute approximate surface area is 123 Å². The van der Waals surface area contributed by atoms with Gasteiger partial charge in [-0.1, -0.05) is 18.2 Å². The fourth-order valence-electron chi connectivity index (χ4n) is 1.73. The van der Waals surface area contributed by atoms with Gasteiger partial charge in [0.05, 0.1) is 17.3 Å². The Morgan fingerprint density at radius 2 is 2.00 bits per heavy atom. The Kier molecular flexibility index (Phi) is 4.42. The van der Waals surface area contributed by atoms with Gasteiger partial charge in [-0.15, -0.1) is 0 Å². The number of nitrogens with one attached hydrogen (secondary N) is 1. The minimum atomic E-state index is -0.708. The van der Waals surface area contributed by atoms with Crippen molar-refractivity contribution in [2.75, 3.05) is 11.1 Å². The molecule has 0 bridgehead atoms. The normalized spacial score (nSPS) is 11.2. The summed E-state index contributed by atoms with van der Waals surface area (Å²) in [6, 6.07) is 15.8. The van der Waals surface area contributed by atoms with Gasteiger partial charge in [-0.05, 0) is 37.3 Å². The zero-order chi connectivity index (χ0) is 15.2. The van der Waals surface area contributed by atoms with Crippen molar-refractivity contribution < 1.29 is 9.53 Å². The molecule has 0 saturated carbocycles. The number of hydrogen-bond acceptors (Lipinski definition) is 4. The summed E-state index contributed by atoms with van der Waals surface area (Å²) in [5.74, 6) is 0.106. The molecule has 0 aliphatic rings. The number of rotatable bonds is 4.